The van der Waals surface area contributed by atoms with E-state index in [-0.39, 0.29) is 12.5 Å². The molecule has 3 rings (SSSR count). The number of amides is 1. The summed E-state index contributed by atoms with van der Waals surface area (Å²) in [5, 5.41) is 0. The second-order valence-corrected chi connectivity index (χ2v) is 4.71. The molecule has 7 heteroatoms. The number of nitrogens with zero attached hydrogens (tertiary/aromatic N) is 5. The molecule has 2 aromatic rings. The number of imidazole rings is 1. The number of anilines is 1. The van der Waals surface area contributed by atoms with Gasteiger partial charge in [0, 0.05) is 12.6 Å². The Morgan fingerprint density at radius 3 is 2.95 bits per heavy atom. The number of hydrogen-bond acceptors (Lipinski definition) is 5. The van der Waals surface area contributed by atoms with E-state index in [0.29, 0.717) is 23.0 Å². The fraction of sp³-hybridized carbons (Fsp3) is 0.500. The third-order valence-corrected chi connectivity index (χ3v) is 3.38. The highest BCUT2D eigenvalue weighted by Gasteiger charge is 2.31. The van der Waals surface area contributed by atoms with E-state index in [1.54, 1.807) is 10.9 Å². The van der Waals surface area contributed by atoms with Gasteiger partial charge in [-0.15, -0.1) is 0 Å². The van der Waals surface area contributed by atoms with Gasteiger partial charge in [0.1, 0.15) is 18.4 Å². The van der Waals surface area contributed by atoms with Crippen molar-refractivity contribution in [3.63, 3.8) is 0 Å². The van der Waals surface area contributed by atoms with E-state index in [9.17, 15) is 4.79 Å². The van der Waals surface area contributed by atoms with Crippen LogP contribution in [0.25, 0.3) is 11.2 Å². The Morgan fingerprint density at radius 2 is 2.26 bits per heavy atom. The third-order valence-electron chi connectivity index (χ3n) is 3.38. The molecule has 0 atom stereocenters. The van der Waals surface area contributed by atoms with Crippen molar-refractivity contribution in [2.75, 3.05) is 12.3 Å². The first-order chi connectivity index (χ1) is 9.20. The van der Waals surface area contributed by atoms with Gasteiger partial charge in [0.2, 0.25) is 5.91 Å². The van der Waals surface area contributed by atoms with Gasteiger partial charge in [-0.05, 0) is 19.8 Å². The van der Waals surface area contributed by atoms with Crippen LogP contribution in [0.15, 0.2) is 12.7 Å². The lowest BCUT2D eigenvalue weighted by molar-refractivity contribution is -0.132. The molecule has 1 aliphatic rings. The number of rotatable bonds is 4. The Bertz CT molecular complexity index is 618. The summed E-state index contributed by atoms with van der Waals surface area (Å²) in [6, 6.07) is 0.423. The molecule has 0 unspecified atom stereocenters. The summed E-state index contributed by atoms with van der Waals surface area (Å²) in [5.74, 6) is 0.437. The molecular weight excluding hydrogens is 244 g/mol. The Morgan fingerprint density at radius 1 is 1.47 bits per heavy atom. The fourth-order valence-corrected chi connectivity index (χ4v) is 2.28. The van der Waals surface area contributed by atoms with Gasteiger partial charge in [-0.3, -0.25) is 4.79 Å². The SMILES string of the molecule is CCN(C(=O)Cn1cnc2c(N)ncnc21)C1CC1. The average molecular weight is 260 g/mol. The number of hydrogen-bond donors (Lipinski definition) is 1. The van der Waals surface area contributed by atoms with Crippen LogP contribution in [0.1, 0.15) is 19.8 Å². The first-order valence-corrected chi connectivity index (χ1v) is 6.41. The van der Waals surface area contributed by atoms with Crippen molar-refractivity contribution in [1.29, 1.82) is 0 Å². The third kappa shape index (κ3) is 2.11. The van der Waals surface area contributed by atoms with Crippen molar-refractivity contribution in [2.24, 2.45) is 0 Å². The van der Waals surface area contributed by atoms with Crippen molar-refractivity contribution in [2.45, 2.75) is 32.4 Å². The van der Waals surface area contributed by atoms with Crippen molar-refractivity contribution in [3.8, 4) is 0 Å². The monoisotopic (exact) mass is 260 g/mol. The van der Waals surface area contributed by atoms with Crippen molar-refractivity contribution >= 4 is 22.9 Å². The number of nitrogen functional groups attached to an aromatic ring is 1. The molecule has 100 valence electrons. The fourth-order valence-electron chi connectivity index (χ4n) is 2.28. The predicted octanol–water partition coefficient (Wildman–Crippen LogP) is 0.419. The zero-order valence-corrected chi connectivity index (χ0v) is 10.8. The van der Waals surface area contributed by atoms with E-state index in [1.807, 2.05) is 11.8 Å². The van der Waals surface area contributed by atoms with Gasteiger partial charge < -0.3 is 15.2 Å². The Balaban J connectivity index is 1.85. The number of nitrogens with two attached hydrogens (primary N) is 1. The molecule has 2 heterocycles. The number of aromatic nitrogens is 4. The lowest BCUT2D eigenvalue weighted by Crippen LogP contribution is -2.35. The van der Waals surface area contributed by atoms with Gasteiger partial charge >= 0.3 is 0 Å². The van der Waals surface area contributed by atoms with Crippen LogP contribution >= 0.6 is 0 Å². The molecule has 1 saturated carbocycles. The molecular formula is C12H16N6O. The van der Waals surface area contributed by atoms with Crippen LogP contribution in [0.4, 0.5) is 5.82 Å². The molecule has 2 aromatic heterocycles. The van der Waals surface area contributed by atoms with Crippen LogP contribution in [-0.4, -0.2) is 42.9 Å². The summed E-state index contributed by atoms with van der Waals surface area (Å²) in [6.07, 6.45) is 5.20. The maximum atomic E-state index is 12.3. The highest BCUT2D eigenvalue weighted by atomic mass is 16.2. The van der Waals surface area contributed by atoms with Gasteiger partial charge in [-0.25, -0.2) is 15.0 Å². The molecule has 0 aliphatic heterocycles. The van der Waals surface area contributed by atoms with Crippen LogP contribution in [0.5, 0.6) is 0 Å². The summed E-state index contributed by atoms with van der Waals surface area (Å²) in [4.78, 5) is 26.4. The van der Waals surface area contributed by atoms with Crippen LogP contribution < -0.4 is 5.73 Å². The van der Waals surface area contributed by atoms with Crippen LogP contribution in [-0.2, 0) is 11.3 Å². The lowest BCUT2D eigenvalue weighted by Gasteiger charge is -2.20. The van der Waals surface area contributed by atoms with Gasteiger partial charge in [0.25, 0.3) is 0 Å². The van der Waals surface area contributed by atoms with E-state index in [2.05, 4.69) is 15.0 Å². The maximum absolute atomic E-state index is 12.3. The van der Waals surface area contributed by atoms with Crippen LogP contribution in [0.2, 0.25) is 0 Å². The maximum Gasteiger partial charge on any atom is 0.242 e. The second kappa shape index (κ2) is 4.49. The predicted molar refractivity (Wildman–Crippen MR) is 70.1 cm³/mol. The van der Waals surface area contributed by atoms with Crippen molar-refractivity contribution < 1.29 is 4.79 Å². The van der Waals surface area contributed by atoms with E-state index in [4.69, 9.17) is 5.73 Å². The first kappa shape index (κ1) is 11.9. The van der Waals surface area contributed by atoms with Crippen molar-refractivity contribution in [3.05, 3.63) is 12.7 Å². The number of fused-ring (bicyclic) bond motifs is 1. The Kier molecular flexibility index (Phi) is 2.81. The topological polar surface area (TPSA) is 89.9 Å². The average Bonchev–Trinajstić information content (AvgIpc) is 3.13. The second-order valence-electron chi connectivity index (χ2n) is 4.71. The number of carbonyl (C=O) groups excluding carboxylic acids is 1. The summed E-state index contributed by atoms with van der Waals surface area (Å²) >= 11 is 0. The molecule has 0 saturated heterocycles. The first-order valence-electron chi connectivity index (χ1n) is 6.41. The summed E-state index contributed by atoms with van der Waals surface area (Å²) in [6.45, 7) is 2.99. The highest BCUT2D eigenvalue weighted by Crippen LogP contribution is 2.27. The molecule has 1 aliphatic carbocycles. The zero-order valence-electron chi connectivity index (χ0n) is 10.8. The minimum absolute atomic E-state index is 0.0986. The van der Waals surface area contributed by atoms with Gasteiger partial charge in [-0.1, -0.05) is 0 Å². The normalized spacial score (nSPS) is 14.8. The van der Waals surface area contributed by atoms with E-state index < -0.39 is 0 Å². The van der Waals surface area contributed by atoms with Crippen LogP contribution in [0, 0.1) is 0 Å². The standard InChI is InChI=1S/C12H16N6O/c1-2-18(8-3-4-8)9(19)5-17-7-16-10-11(13)14-6-15-12(10)17/h6-8H,2-5H2,1H3,(H2,13,14,15). The van der Waals surface area contributed by atoms with Crippen molar-refractivity contribution in [1.82, 2.24) is 24.4 Å². The molecule has 7 nitrogen and oxygen atoms in total. The van der Waals surface area contributed by atoms with Gasteiger partial charge in [0.15, 0.2) is 11.5 Å². The minimum Gasteiger partial charge on any atom is -0.382 e. The van der Waals surface area contributed by atoms with Gasteiger partial charge in [0.05, 0.1) is 6.33 Å². The van der Waals surface area contributed by atoms with Gasteiger partial charge in [-0.2, -0.15) is 0 Å². The largest absolute Gasteiger partial charge is 0.382 e. The highest BCUT2D eigenvalue weighted by molar-refractivity contribution is 5.83. The molecule has 0 bridgehead atoms. The molecule has 1 fully saturated rings. The quantitative estimate of drug-likeness (QED) is 0.860. The molecule has 19 heavy (non-hydrogen) atoms. The minimum atomic E-state index is 0.0986. The Hall–Kier alpha value is -2.18. The lowest BCUT2D eigenvalue weighted by atomic mass is 10.4. The van der Waals surface area contributed by atoms with E-state index in [1.165, 1.54) is 6.33 Å². The summed E-state index contributed by atoms with van der Waals surface area (Å²) in [5.41, 5.74) is 6.87. The van der Waals surface area contributed by atoms with E-state index in [0.717, 1.165) is 19.4 Å². The number of likely N-dealkylation sites (N-methyl/N-ethyl adjacent to an activating group) is 1. The van der Waals surface area contributed by atoms with E-state index >= 15 is 0 Å². The zero-order chi connectivity index (χ0) is 13.4. The summed E-state index contributed by atoms with van der Waals surface area (Å²) < 4.78 is 1.72. The molecule has 1 amide bonds. The molecule has 0 aromatic carbocycles. The number of carbonyl (C=O) groups is 1. The summed E-state index contributed by atoms with van der Waals surface area (Å²) in [7, 11) is 0. The van der Waals surface area contributed by atoms with Crippen LogP contribution in [0.3, 0.4) is 0 Å². The molecule has 0 radical (unpaired) electrons. The molecule has 2 N–H and O–H groups in total. The smallest absolute Gasteiger partial charge is 0.242 e. The molecule has 0 spiro atoms. The Labute approximate surface area is 110 Å².